The summed E-state index contributed by atoms with van der Waals surface area (Å²) in [7, 11) is -3.76. The number of nitrogens with one attached hydrogen (secondary N) is 1. The Kier molecular flexibility index (Phi) is 5.79. The van der Waals surface area contributed by atoms with Crippen LogP contribution in [0.2, 0.25) is 0 Å². The maximum Gasteiger partial charge on any atom is 0.295 e. The van der Waals surface area contributed by atoms with Crippen molar-refractivity contribution in [3.63, 3.8) is 0 Å². The van der Waals surface area contributed by atoms with Gasteiger partial charge in [0, 0.05) is 24.7 Å². The normalized spacial score (nSPS) is 16.9. The average Bonchev–Trinajstić information content (AvgIpc) is 3.33. The number of hydrazone groups is 1. The molecule has 2 aliphatic heterocycles. The molecule has 0 unspecified atom stereocenters. The molecule has 0 aliphatic carbocycles. The molecule has 2 aromatic rings. The number of nitrogens with zero attached hydrogens (tertiary/aromatic N) is 3. The van der Waals surface area contributed by atoms with Crippen LogP contribution in [0.1, 0.15) is 25.3 Å². The lowest BCUT2D eigenvalue weighted by atomic mass is 10.1. The molecule has 10 nitrogen and oxygen atoms in total. The first-order chi connectivity index (χ1) is 14.9. The molecule has 1 fully saturated rings. The number of hydrogen-bond donors (Lipinski definition) is 1. The van der Waals surface area contributed by atoms with E-state index >= 15 is 0 Å². The van der Waals surface area contributed by atoms with E-state index in [2.05, 4.69) is 10.5 Å². The summed E-state index contributed by atoms with van der Waals surface area (Å²) in [4.78, 5) is 10.9. The average molecular weight is 446 g/mol. The first kappa shape index (κ1) is 21.1. The van der Waals surface area contributed by atoms with Crippen molar-refractivity contribution in [2.75, 3.05) is 31.7 Å². The van der Waals surface area contributed by atoms with Gasteiger partial charge < -0.3 is 9.47 Å². The van der Waals surface area contributed by atoms with Gasteiger partial charge in [-0.05, 0) is 50.1 Å². The fraction of sp³-hybridized carbons (Fsp3) is 0.350. The highest BCUT2D eigenvalue weighted by Crippen LogP contribution is 2.32. The van der Waals surface area contributed by atoms with Gasteiger partial charge in [-0.1, -0.05) is 0 Å². The molecular formula is C20H22N4O6S. The molecule has 2 aliphatic rings. The fourth-order valence-electron chi connectivity index (χ4n) is 3.47. The van der Waals surface area contributed by atoms with Crippen molar-refractivity contribution in [1.82, 2.24) is 4.31 Å². The lowest BCUT2D eigenvalue weighted by Crippen LogP contribution is -2.27. The maximum absolute atomic E-state index is 12.7. The Balaban J connectivity index is 1.58. The van der Waals surface area contributed by atoms with Crippen LogP contribution in [-0.4, -0.2) is 49.7 Å². The summed E-state index contributed by atoms with van der Waals surface area (Å²) < 4.78 is 37.9. The van der Waals surface area contributed by atoms with Crippen molar-refractivity contribution in [2.24, 2.45) is 5.10 Å². The smallest absolute Gasteiger partial charge is 0.295 e. The number of anilines is 1. The van der Waals surface area contributed by atoms with Gasteiger partial charge in [-0.15, -0.1) is 0 Å². The molecule has 0 aromatic heterocycles. The van der Waals surface area contributed by atoms with Crippen LogP contribution in [0.3, 0.4) is 0 Å². The van der Waals surface area contributed by atoms with Gasteiger partial charge >= 0.3 is 0 Å². The number of fused-ring (bicyclic) bond motifs is 1. The van der Waals surface area contributed by atoms with Crippen LogP contribution in [0, 0.1) is 10.1 Å². The molecule has 2 heterocycles. The van der Waals surface area contributed by atoms with Gasteiger partial charge in [0.1, 0.15) is 18.9 Å². The molecule has 164 valence electrons. The van der Waals surface area contributed by atoms with Crippen molar-refractivity contribution >= 4 is 27.1 Å². The minimum atomic E-state index is -3.76. The quantitative estimate of drug-likeness (QED) is 0.411. The topological polar surface area (TPSA) is 123 Å². The lowest BCUT2D eigenvalue weighted by molar-refractivity contribution is -0.384. The van der Waals surface area contributed by atoms with Gasteiger partial charge in [0.15, 0.2) is 11.5 Å². The van der Waals surface area contributed by atoms with Crippen LogP contribution in [0.15, 0.2) is 46.4 Å². The van der Waals surface area contributed by atoms with E-state index in [1.165, 1.54) is 16.4 Å². The predicted molar refractivity (Wildman–Crippen MR) is 114 cm³/mol. The van der Waals surface area contributed by atoms with Crippen molar-refractivity contribution in [1.29, 1.82) is 0 Å². The summed E-state index contributed by atoms with van der Waals surface area (Å²) in [5, 5.41) is 15.8. The number of benzene rings is 2. The standard InChI is InChI=1S/C20H22N4O6S/c1-14(15-4-7-19-20(12-15)30-11-10-29-19)21-22-17-6-5-16(13-18(17)24(25)26)31(27,28)23-8-2-3-9-23/h4-7,12-13,22H,2-3,8-11H2,1H3/b21-14+. The van der Waals surface area contributed by atoms with E-state index in [1.54, 1.807) is 19.1 Å². The van der Waals surface area contributed by atoms with E-state index in [0.29, 0.717) is 43.5 Å². The Morgan fingerprint density at radius 3 is 2.52 bits per heavy atom. The number of rotatable bonds is 6. The Hall–Kier alpha value is -3.18. The predicted octanol–water partition coefficient (Wildman–Crippen LogP) is 2.99. The zero-order chi connectivity index (χ0) is 22.0. The van der Waals surface area contributed by atoms with Crippen LogP contribution in [0.5, 0.6) is 11.5 Å². The van der Waals surface area contributed by atoms with E-state index in [1.807, 2.05) is 6.07 Å². The first-order valence-corrected chi connectivity index (χ1v) is 11.3. The van der Waals surface area contributed by atoms with Crippen LogP contribution in [0.4, 0.5) is 11.4 Å². The highest BCUT2D eigenvalue weighted by molar-refractivity contribution is 7.89. The van der Waals surface area contributed by atoms with Gasteiger partial charge in [-0.2, -0.15) is 9.41 Å². The number of nitro benzene ring substituents is 1. The highest BCUT2D eigenvalue weighted by atomic mass is 32.2. The first-order valence-electron chi connectivity index (χ1n) is 9.85. The zero-order valence-electron chi connectivity index (χ0n) is 16.9. The van der Waals surface area contributed by atoms with Crippen LogP contribution >= 0.6 is 0 Å². The number of sulfonamides is 1. The highest BCUT2D eigenvalue weighted by Gasteiger charge is 2.29. The summed E-state index contributed by atoms with van der Waals surface area (Å²) in [6.07, 6.45) is 1.57. The number of ether oxygens (including phenoxy) is 2. The molecule has 0 atom stereocenters. The molecule has 0 radical (unpaired) electrons. The van der Waals surface area contributed by atoms with Crippen molar-refractivity contribution in [2.45, 2.75) is 24.7 Å². The molecule has 1 N–H and O–H groups in total. The van der Waals surface area contributed by atoms with Gasteiger partial charge in [-0.3, -0.25) is 15.5 Å². The summed E-state index contributed by atoms with van der Waals surface area (Å²) in [5.41, 5.74) is 3.75. The monoisotopic (exact) mass is 446 g/mol. The molecule has 0 spiro atoms. The zero-order valence-corrected chi connectivity index (χ0v) is 17.7. The fourth-order valence-corrected chi connectivity index (χ4v) is 5.01. The summed E-state index contributed by atoms with van der Waals surface area (Å²) >= 11 is 0. The largest absolute Gasteiger partial charge is 0.486 e. The molecule has 11 heteroatoms. The minimum absolute atomic E-state index is 0.0980. The van der Waals surface area contributed by atoms with E-state index in [4.69, 9.17) is 9.47 Å². The third kappa shape index (κ3) is 4.32. The van der Waals surface area contributed by atoms with Crippen molar-refractivity contribution < 1.29 is 22.8 Å². The van der Waals surface area contributed by atoms with Crippen molar-refractivity contribution in [3.05, 3.63) is 52.1 Å². The molecule has 0 amide bonds. The van der Waals surface area contributed by atoms with Gasteiger partial charge in [0.2, 0.25) is 10.0 Å². The molecule has 2 aromatic carbocycles. The second-order valence-corrected chi connectivity index (χ2v) is 9.15. The van der Waals surface area contributed by atoms with E-state index < -0.39 is 14.9 Å². The minimum Gasteiger partial charge on any atom is -0.486 e. The van der Waals surface area contributed by atoms with Gasteiger partial charge in [0.05, 0.1) is 15.5 Å². The summed E-state index contributed by atoms with van der Waals surface area (Å²) in [5.74, 6) is 1.27. The number of hydrogen-bond acceptors (Lipinski definition) is 8. The van der Waals surface area contributed by atoms with E-state index in [-0.39, 0.29) is 16.3 Å². The summed E-state index contributed by atoms with van der Waals surface area (Å²) in [6.45, 7) is 3.55. The molecule has 1 saturated heterocycles. The van der Waals surface area contributed by atoms with E-state index in [0.717, 1.165) is 24.5 Å². The van der Waals surface area contributed by atoms with Gasteiger partial charge in [0.25, 0.3) is 5.69 Å². The second-order valence-electron chi connectivity index (χ2n) is 7.21. The van der Waals surface area contributed by atoms with Crippen LogP contribution < -0.4 is 14.9 Å². The van der Waals surface area contributed by atoms with Crippen molar-refractivity contribution in [3.8, 4) is 11.5 Å². The number of nitro groups is 1. The second kappa shape index (κ2) is 8.52. The maximum atomic E-state index is 12.7. The Morgan fingerprint density at radius 2 is 1.81 bits per heavy atom. The van der Waals surface area contributed by atoms with Gasteiger partial charge in [-0.25, -0.2) is 8.42 Å². The molecule has 0 saturated carbocycles. The third-order valence-electron chi connectivity index (χ3n) is 5.17. The Bertz CT molecular complexity index is 1140. The van der Waals surface area contributed by atoms with Crippen LogP contribution in [-0.2, 0) is 10.0 Å². The SMILES string of the molecule is C/C(=N\Nc1ccc(S(=O)(=O)N2CCCC2)cc1[N+](=O)[O-])c1ccc2c(c1)OCCO2. The molecule has 31 heavy (non-hydrogen) atoms. The van der Waals surface area contributed by atoms with Crippen LogP contribution in [0.25, 0.3) is 0 Å². The molecule has 4 rings (SSSR count). The molecular weight excluding hydrogens is 424 g/mol. The molecule has 0 bridgehead atoms. The summed E-state index contributed by atoms with van der Waals surface area (Å²) in [6, 6.07) is 9.18. The lowest BCUT2D eigenvalue weighted by Gasteiger charge is -2.18. The Labute approximate surface area is 179 Å². The Morgan fingerprint density at radius 1 is 1.10 bits per heavy atom. The third-order valence-corrected chi connectivity index (χ3v) is 7.07. The van der Waals surface area contributed by atoms with E-state index in [9.17, 15) is 18.5 Å².